The SMILES string of the molecule is Cc1ccc(C(N)c2cc3cc(Br)ccc3o2)s1. The van der Waals surface area contributed by atoms with E-state index in [1.54, 1.807) is 11.3 Å². The molecule has 2 aromatic heterocycles. The molecule has 18 heavy (non-hydrogen) atoms. The van der Waals surface area contributed by atoms with E-state index >= 15 is 0 Å². The average molecular weight is 322 g/mol. The van der Waals surface area contributed by atoms with Crippen molar-refractivity contribution in [1.82, 2.24) is 0 Å². The van der Waals surface area contributed by atoms with Gasteiger partial charge in [0.25, 0.3) is 0 Å². The molecule has 0 bridgehead atoms. The lowest BCUT2D eigenvalue weighted by atomic mass is 10.2. The first-order valence-corrected chi connectivity index (χ1v) is 7.25. The van der Waals surface area contributed by atoms with Gasteiger partial charge in [0, 0.05) is 19.6 Å². The third-order valence-electron chi connectivity index (χ3n) is 2.87. The Balaban J connectivity index is 2.03. The molecule has 2 heterocycles. The predicted octanol–water partition coefficient (Wildman–Crippen LogP) is 4.61. The molecule has 0 saturated carbocycles. The van der Waals surface area contributed by atoms with Crippen molar-refractivity contribution in [3.8, 4) is 0 Å². The smallest absolute Gasteiger partial charge is 0.134 e. The van der Waals surface area contributed by atoms with Crippen molar-refractivity contribution in [2.75, 3.05) is 0 Å². The Morgan fingerprint density at radius 3 is 2.78 bits per heavy atom. The van der Waals surface area contributed by atoms with Crippen LogP contribution in [0.25, 0.3) is 11.0 Å². The molecule has 1 unspecified atom stereocenters. The Bertz CT molecular complexity index is 701. The summed E-state index contributed by atoms with van der Waals surface area (Å²) in [6, 6.07) is 11.9. The van der Waals surface area contributed by atoms with Crippen LogP contribution < -0.4 is 5.73 Å². The van der Waals surface area contributed by atoms with Crippen LogP contribution in [0.1, 0.15) is 21.6 Å². The van der Waals surface area contributed by atoms with Crippen LogP contribution in [0.2, 0.25) is 0 Å². The third-order valence-corrected chi connectivity index (χ3v) is 4.45. The molecule has 0 saturated heterocycles. The van der Waals surface area contributed by atoms with Gasteiger partial charge in [-0.05, 0) is 43.3 Å². The van der Waals surface area contributed by atoms with Crippen LogP contribution in [0.4, 0.5) is 0 Å². The number of nitrogens with two attached hydrogens (primary N) is 1. The molecule has 1 aromatic carbocycles. The second kappa shape index (κ2) is 4.53. The van der Waals surface area contributed by atoms with Gasteiger partial charge in [-0.25, -0.2) is 0 Å². The molecule has 2 N–H and O–H groups in total. The lowest BCUT2D eigenvalue weighted by Gasteiger charge is -2.04. The molecule has 0 amide bonds. The monoisotopic (exact) mass is 321 g/mol. The second-order valence-electron chi connectivity index (χ2n) is 4.26. The van der Waals surface area contributed by atoms with Crippen molar-refractivity contribution in [3.05, 3.63) is 56.4 Å². The predicted molar refractivity (Wildman–Crippen MR) is 79.0 cm³/mol. The van der Waals surface area contributed by atoms with Crippen LogP contribution in [0.15, 0.2) is 45.3 Å². The number of rotatable bonds is 2. The molecule has 2 nitrogen and oxygen atoms in total. The van der Waals surface area contributed by atoms with Gasteiger partial charge in [0.05, 0.1) is 6.04 Å². The van der Waals surface area contributed by atoms with E-state index in [4.69, 9.17) is 10.2 Å². The minimum absolute atomic E-state index is 0.185. The summed E-state index contributed by atoms with van der Waals surface area (Å²) in [5.74, 6) is 0.810. The zero-order valence-electron chi connectivity index (χ0n) is 9.81. The Morgan fingerprint density at radius 1 is 1.22 bits per heavy atom. The molecular formula is C14H12BrNOS. The highest BCUT2D eigenvalue weighted by molar-refractivity contribution is 9.10. The summed E-state index contributed by atoms with van der Waals surface area (Å²) in [5, 5.41) is 1.07. The summed E-state index contributed by atoms with van der Waals surface area (Å²) >= 11 is 5.17. The van der Waals surface area contributed by atoms with Crippen molar-refractivity contribution in [2.45, 2.75) is 13.0 Å². The van der Waals surface area contributed by atoms with Crippen LogP contribution in [-0.4, -0.2) is 0 Å². The average Bonchev–Trinajstić information content (AvgIpc) is 2.93. The maximum absolute atomic E-state index is 6.24. The Kier molecular flexibility index (Phi) is 3.01. The number of hydrogen-bond acceptors (Lipinski definition) is 3. The van der Waals surface area contributed by atoms with Crippen molar-refractivity contribution in [2.24, 2.45) is 5.73 Å². The summed E-state index contributed by atoms with van der Waals surface area (Å²) in [7, 11) is 0. The molecule has 4 heteroatoms. The van der Waals surface area contributed by atoms with E-state index < -0.39 is 0 Å². The Morgan fingerprint density at radius 2 is 2.06 bits per heavy atom. The number of hydrogen-bond donors (Lipinski definition) is 1. The fraction of sp³-hybridized carbons (Fsp3) is 0.143. The van der Waals surface area contributed by atoms with Crippen LogP contribution in [-0.2, 0) is 0 Å². The van der Waals surface area contributed by atoms with Gasteiger partial charge < -0.3 is 10.2 Å². The van der Waals surface area contributed by atoms with Crippen LogP contribution >= 0.6 is 27.3 Å². The maximum atomic E-state index is 6.24. The molecule has 0 aliphatic carbocycles. The molecular weight excluding hydrogens is 310 g/mol. The van der Waals surface area contributed by atoms with Crippen LogP contribution in [0, 0.1) is 6.92 Å². The van der Waals surface area contributed by atoms with Gasteiger partial charge >= 0.3 is 0 Å². The van der Waals surface area contributed by atoms with Crippen molar-refractivity contribution in [1.29, 1.82) is 0 Å². The molecule has 1 atom stereocenters. The third kappa shape index (κ3) is 2.11. The molecule has 3 rings (SSSR count). The lowest BCUT2D eigenvalue weighted by Crippen LogP contribution is -2.08. The number of benzene rings is 1. The van der Waals surface area contributed by atoms with E-state index in [1.165, 1.54) is 4.88 Å². The normalized spacial score (nSPS) is 13.1. The van der Waals surface area contributed by atoms with E-state index in [1.807, 2.05) is 24.3 Å². The topological polar surface area (TPSA) is 39.2 Å². The van der Waals surface area contributed by atoms with E-state index in [0.29, 0.717) is 0 Å². The molecule has 0 aliphatic heterocycles. The first-order valence-electron chi connectivity index (χ1n) is 5.64. The largest absolute Gasteiger partial charge is 0.459 e. The van der Waals surface area contributed by atoms with Gasteiger partial charge in [-0.3, -0.25) is 0 Å². The second-order valence-corrected chi connectivity index (χ2v) is 6.49. The number of aryl methyl sites for hydroxylation is 1. The summed E-state index contributed by atoms with van der Waals surface area (Å²) in [6.07, 6.45) is 0. The summed E-state index contributed by atoms with van der Waals surface area (Å²) in [4.78, 5) is 2.39. The quantitative estimate of drug-likeness (QED) is 0.748. The minimum Gasteiger partial charge on any atom is -0.459 e. The molecule has 0 spiro atoms. The van der Waals surface area contributed by atoms with Crippen molar-refractivity contribution < 1.29 is 4.42 Å². The van der Waals surface area contributed by atoms with Crippen LogP contribution in [0.5, 0.6) is 0 Å². The number of halogens is 1. The molecule has 0 aliphatic rings. The van der Waals surface area contributed by atoms with Gasteiger partial charge in [-0.1, -0.05) is 15.9 Å². The van der Waals surface area contributed by atoms with Gasteiger partial charge in [-0.15, -0.1) is 11.3 Å². The van der Waals surface area contributed by atoms with E-state index in [2.05, 4.69) is 35.0 Å². The van der Waals surface area contributed by atoms with E-state index in [9.17, 15) is 0 Å². The summed E-state index contributed by atoms with van der Waals surface area (Å²) in [6.45, 7) is 2.08. The number of fused-ring (bicyclic) bond motifs is 1. The van der Waals surface area contributed by atoms with Crippen LogP contribution in [0.3, 0.4) is 0 Å². The lowest BCUT2D eigenvalue weighted by molar-refractivity contribution is 0.528. The number of furan rings is 1. The fourth-order valence-electron chi connectivity index (χ4n) is 1.95. The highest BCUT2D eigenvalue weighted by Crippen LogP contribution is 2.31. The van der Waals surface area contributed by atoms with E-state index in [0.717, 1.165) is 26.1 Å². The Labute approximate surface area is 118 Å². The molecule has 0 radical (unpaired) electrons. The zero-order chi connectivity index (χ0) is 12.7. The fourth-order valence-corrected chi connectivity index (χ4v) is 3.21. The maximum Gasteiger partial charge on any atom is 0.134 e. The van der Waals surface area contributed by atoms with Crippen molar-refractivity contribution >= 4 is 38.2 Å². The van der Waals surface area contributed by atoms with Gasteiger partial charge in [0.1, 0.15) is 11.3 Å². The van der Waals surface area contributed by atoms with E-state index in [-0.39, 0.29) is 6.04 Å². The summed E-state index contributed by atoms with van der Waals surface area (Å²) < 4.78 is 6.85. The zero-order valence-corrected chi connectivity index (χ0v) is 12.2. The standard InChI is InChI=1S/C14H12BrNOS/c1-8-2-5-13(18-8)14(16)12-7-9-6-10(15)3-4-11(9)17-12/h2-7,14H,16H2,1H3. The first kappa shape index (κ1) is 12.0. The number of thiophene rings is 1. The molecule has 0 fully saturated rings. The minimum atomic E-state index is -0.185. The molecule has 3 aromatic rings. The summed E-state index contributed by atoms with van der Waals surface area (Å²) in [5.41, 5.74) is 7.11. The van der Waals surface area contributed by atoms with Crippen molar-refractivity contribution in [3.63, 3.8) is 0 Å². The highest BCUT2D eigenvalue weighted by atomic mass is 79.9. The van der Waals surface area contributed by atoms with Gasteiger partial charge in [-0.2, -0.15) is 0 Å². The first-order chi connectivity index (χ1) is 8.63. The van der Waals surface area contributed by atoms with Gasteiger partial charge in [0.15, 0.2) is 0 Å². The Hall–Kier alpha value is -1.10. The van der Waals surface area contributed by atoms with Gasteiger partial charge in [0.2, 0.25) is 0 Å². The highest BCUT2D eigenvalue weighted by Gasteiger charge is 2.15. The molecule has 92 valence electrons.